The second kappa shape index (κ2) is 46.1. The van der Waals surface area contributed by atoms with Crippen molar-refractivity contribution in [2.45, 2.75) is 297 Å². The molecule has 0 N–H and O–H groups in total. The fourth-order valence-corrected chi connectivity index (χ4v) is 8.35. The molecule has 2 atom stereocenters. The molecule has 0 aromatic carbocycles. The summed E-state index contributed by atoms with van der Waals surface area (Å²) in [4.78, 5) is 0. The normalized spacial score (nSPS) is 12.9. The van der Waals surface area contributed by atoms with E-state index in [4.69, 9.17) is 4.74 Å². The van der Waals surface area contributed by atoms with Gasteiger partial charge in [0.1, 0.15) is 0 Å². The minimum absolute atomic E-state index is 0.800. The van der Waals surface area contributed by atoms with Gasteiger partial charge in [0.05, 0.1) is 0 Å². The second-order valence-corrected chi connectivity index (χ2v) is 17.4. The zero-order chi connectivity index (χ0) is 37.0. The average molecular weight is 719 g/mol. The molecule has 51 heavy (non-hydrogen) atoms. The lowest BCUT2D eigenvalue weighted by Crippen LogP contribution is -2.16. The number of unbranched alkanes of at least 4 members (excludes halogenated alkanes) is 34. The lowest BCUT2D eigenvalue weighted by molar-refractivity contribution is 0.0586. The van der Waals surface area contributed by atoms with Crippen molar-refractivity contribution in [1.29, 1.82) is 0 Å². The first-order valence-electron chi connectivity index (χ1n) is 24.9. The van der Waals surface area contributed by atoms with Crippen molar-refractivity contribution in [2.24, 2.45) is 11.8 Å². The summed E-state index contributed by atoms with van der Waals surface area (Å²) in [5.41, 5.74) is 0. The van der Waals surface area contributed by atoms with Gasteiger partial charge in [0, 0.05) is 13.2 Å². The van der Waals surface area contributed by atoms with E-state index >= 15 is 0 Å². The summed E-state index contributed by atoms with van der Waals surface area (Å²) >= 11 is 0. The molecule has 308 valence electrons. The highest BCUT2D eigenvalue weighted by Crippen LogP contribution is 2.24. The monoisotopic (exact) mass is 719 g/mol. The molecule has 1 heteroatoms. The van der Waals surface area contributed by atoms with E-state index in [0.717, 1.165) is 25.0 Å². The number of ether oxygens (including phenoxy) is 1. The van der Waals surface area contributed by atoms with Crippen LogP contribution in [0.15, 0.2) is 0 Å². The van der Waals surface area contributed by atoms with E-state index in [1.165, 1.54) is 270 Å². The van der Waals surface area contributed by atoms with Crippen LogP contribution in [0.1, 0.15) is 297 Å². The Morgan fingerprint density at radius 1 is 0.216 bits per heavy atom. The fraction of sp³-hybridized carbons (Fsp3) is 1.00. The molecule has 0 saturated carbocycles. The highest BCUT2D eigenvalue weighted by molar-refractivity contribution is 4.65. The van der Waals surface area contributed by atoms with Crippen LogP contribution in [-0.2, 0) is 4.74 Å². The molecule has 0 amide bonds. The molecule has 0 aromatic heterocycles. The Balaban J connectivity index is 4.58. The van der Waals surface area contributed by atoms with E-state index in [-0.39, 0.29) is 0 Å². The Kier molecular flexibility index (Phi) is 46.1. The van der Waals surface area contributed by atoms with Crippen LogP contribution < -0.4 is 0 Å². The van der Waals surface area contributed by atoms with Gasteiger partial charge in [0.15, 0.2) is 0 Å². The summed E-state index contributed by atoms with van der Waals surface area (Å²) in [5.74, 6) is 1.60. The number of hydrogen-bond donors (Lipinski definition) is 0. The summed E-state index contributed by atoms with van der Waals surface area (Å²) < 4.78 is 6.70. The van der Waals surface area contributed by atoms with Crippen LogP contribution in [0.5, 0.6) is 0 Å². The van der Waals surface area contributed by atoms with Crippen molar-refractivity contribution < 1.29 is 4.74 Å². The van der Waals surface area contributed by atoms with Crippen LogP contribution in [0.25, 0.3) is 0 Å². The molecule has 0 radical (unpaired) electrons. The van der Waals surface area contributed by atoms with Gasteiger partial charge in [-0.3, -0.25) is 0 Å². The van der Waals surface area contributed by atoms with Crippen molar-refractivity contribution in [3.63, 3.8) is 0 Å². The van der Waals surface area contributed by atoms with Crippen LogP contribution in [0.4, 0.5) is 0 Å². The van der Waals surface area contributed by atoms with E-state index in [1.54, 1.807) is 0 Å². The van der Waals surface area contributed by atoms with Crippen molar-refractivity contribution in [1.82, 2.24) is 0 Å². The summed E-state index contributed by atoms with van der Waals surface area (Å²) in [6.07, 6.45) is 60.5. The molecule has 0 saturated heterocycles. The molecule has 0 heterocycles. The molecule has 2 unspecified atom stereocenters. The average Bonchev–Trinajstić information content (AvgIpc) is 3.14. The van der Waals surface area contributed by atoms with Gasteiger partial charge in [-0.05, 0) is 37.5 Å². The lowest BCUT2D eigenvalue weighted by Gasteiger charge is -2.21. The molecule has 0 fully saturated rings. The highest BCUT2D eigenvalue weighted by atomic mass is 16.5. The Labute approximate surface area is 326 Å². The molecule has 0 aliphatic heterocycles. The molecule has 1 nitrogen and oxygen atoms in total. The maximum Gasteiger partial charge on any atom is 0.0494 e. The summed E-state index contributed by atoms with van der Waals surface area (Å²) in [6, 6.07) is 0. The Bertz CT molecular complexity index is 536. The predicted octanol–water partition coefficient (Wildman–Crippen LogP) is 18.7. The highest BCUT2D eigenvalue weighted by Gasteiger charge is 2.13. The third kappa shape index (κ3) is 42.6. The largest absolute Gasteiger partial charge is 0.381 e. The van der Waals surface area contributed by atoms with Gasteiger partial charge in [-0.25, -0.2) is 0 Å². The molecular formula is C50H102O. The van der Waals surface area contributed by atoms with Crippen molar-refractivity contribution in [2.75, 3.05) is 13.2 Å². The quantitative estimate of drug-likeness (QED) is 0.0569. The van der Waals surface area contributed by atoms with E-state index in [9.17, 15) is 0 Å². The zero-order valence-electron chi connectivity index (χ0n) is 36.7. The smallest absolute Gasteiger partial charge is 0.0494 e. The van der Waals surface area contributed by atoms with Gasteiger partial charge in [0.2, 0.25) is 0 Å². The minimum Gasteiger partial charge on any atom is -0.381 e. The van der Waals surface area contributed by atoms with Crippen LogP contribution in [0.3, 0.4) is 0 Å². The minimum atomic E-state index is 0.800. The van der Waals surface area contributed by atoms with Crippen LogP contribution in [-0.4, -0.2) is 13.2 Å². The first kappa shape index (κ1) is 51.0. The van der Waals surface area contributed by atoms with Crippen molar-refractivity contribution in [3.05, 3.63) is 0 Å². The molecule has 0 rings (SSSR count). The topological polar surface area (TPSA) is 9.23 Å². The van der Waals surface area contributed by atoms with Gasteiger partial charge < -0.3 is 4.74 Å². The van der Waals surface area contributed by atoms with Gasteiger partial charge in [-0.1, -0.05) is 272 Å². The van der Waals surface area contributed by atoms with E-state index in [2.05, 4.69) is 27.7 Å². The predicted molar refractivity (Wildman–Crippen MR) is 234 cm³/mol. The van der Waals surface area contributed by atoms with Crippen LogP contribution in [0.2, 0.25) is 0 Å². The first-order chi connectivity index (χ1) is 25.3. The summed E-state index contributed by atoms with van der Waals surface area (Å²) in [7, 11) is 0. The standard InChI is InChI=1S/C50H102O/c1-5-9-13-17-21-25-27-29-33-37-41-45-49(43-39-35-31-23-19-15-11-7-3)47-51-48-50(44-40-36-32-24-20-16-12-8-4)46-42-38-34-30-28-26-22-18-14-10-6-2/h49-50H,5-48H2,1-4H3. The Morgan fingerprint density at radius 3 is 0.549 bits per heavy atom. The van der Waals surface area contributed by atoms with E-state index in [0.29, 0.717) is 0 Å². The molecule has 0 bridgehead atoms. The lowest BCUT2D eigenvalue weighted by atomic mass is 9.93. The number of rotatable bonds is 46. The van der Waals surface area contributed by atoms with E-state index in [1.807, 2.05) is 0 Å². The maximum absolute atomic E-state index is 6.70. The molecule has 0 aromatic rings. The molecular weight excluding hydrogens is 617 g/mol. The first-order valence-corrected chi connectivity index (χ1v) is 24.9. The van der Waals surface area contributed by atoms with Crippen molar-refractivity contribution in [3.8, 4) is 0 Å². The number of hydrogen-bond acceptors (Lipinski definition) is 1. The summed E-state index contributed by atoms with van der Waals surface area (Å²) in [5, 5.41) is 0. The SMILES string of the molecule is CCCCCCCCCCCCCC(CCCCCCCCCC)COCC(CCCCCCCCCC)CCCCCCCCCCCCC. The van der Waals surface area contributed by atoms with E-state index < -0.39 is 0 Å². The fourth-order valence-electron chi connectivity index (χ4n) is 8.35. The zero-order valence-corrected chi connectivity index (χ0v) is 36.7. The summed E-state index contributed by atoms with van der Waals surface area (Å²) in [6.45, 7) is 11.4. The third-order valence-electron chi connectivity index (χ3n) is 12.1. The van der Waals surface area contributed by atoms with Gasteiger partial charge >= 0.3 is 0 Å². The Hall–Kier alpha value is -0.0400. The van der Waals surface area contributed by atoms with Crippen LogP contribution >= 0.6 is 0 Å². The van der Waals surface area contributed by atoms with Gasteiger partial charge in [-0.15, -0.1) is 0 Å². The second-order valence-electron chi connectivity index (χ2n) is 17.4. The molecule has 0 aliphatic carbocycles. The third-order valence-corrected chi connectivity index (χ3v) is 12.1. The van der Waals surface area contributed by atoms with Crippen LogP contribution in [0, 0.1) is 11.8 Å². The maximum atomic E-state index is 6.70. The van der Waals surface area contributed by atoms with Gasteiger partial charge in [-0.2, -0.15) is 0 Å². The van der Waals surface area contributed by atoms with Crippen molar-refractivity contribution >= 4 is 0 Å². The molecule has 0 aliphatic rings. The Morgan fingerprint density at radius 2 is 0.373 bits per heavy atom. The molecule has 0 spiro atoms. The van der Waals surface area contributed by atoms with Gasteiger partial charge in [0.25, 0.3) is 0 Å².